The zero-order valence-electron chi connectivity index (χ0n) is 12.5. The number of carbonyl (C=O) groups is 2. The topological polar surface area (TPSA) is 72.6 Å². The molecule has 5 nitrogen and oxygen atoms in total. The SMILES string of the molecule is CCOC(=O)c1cc(CN(C(C)=O)C(C)C)ccc1N. The Morgan fingerprint density at radius 2 is 2.00 bits per heavy atom. The van der Waals surface area contributed by atoms with Gasteiger partial charge in [0.2, 0.25) is 5.91 Å². The second kappa shape index (κ2) is 6.93. The molecule has 0 heterocycles. The Hall–Kier alpha value is -2.04. The first-order valence-corrected chi connectivity index (χ1v) is 6.69. The molecule has 1 amide bonds. The molecule has 0 fully saturated rings. The van der Waals surface area contributed by atoms with E-state index in [0.29, 0.717) is 24.4 Å². The Morgan fingerprint density at radius 3 is 2.50 bits per heavy atom. The number of hydrogen-bond donors (Lipinski definition) is 1. The number of anilines is 1. The van der Waals surface area contributed by atoms with Crippen molar-refractivity contribution in [3.63, 3.8) is 0 Å². The molecule has 0 radical (unpaired) electrons. The average molecular weight is 278 g/mol. The second-order valence-electron chi connectivity index (χ2n) is 4.88. The molecule has 1 aromatic carbocycles. The van der Waals surface area contributed by atoms with Gasteiger partial charge in [-0.05, 0) is 38.5 Å². The van der Waals surface area contributed by atoms with Crippen molar-refractivity contribution < 1.29 is 14.3 Å². The van der Waals surface area contributed by atoms with Gasteiger partial charge >= 0.3 is 5.97 Å². The van der Waals surface area contributed by atoms with Crippen LogP contribution < -0.4 is 5.73 Å². The third-order valence-electron chi connectivity index (χ3n) is 2.99. The number of nitrogens with two attached hydrogens (primary N) is 1. The van der Waals surface area contributed by atoms with Crippen LogP contribution in [0.2, 0.25) is 0 Å². The van der Waals surface area contributed by atoms with Crippen LogP contribution in [-0.2, 0) is 16.1 Å². The van der Waals surface area contributed by atoms with Crippen molar-refractivity contribution in [2.24, 2.45) is 0 Å². The molecule has 0 aliphatic heterocycles. The van der Waals surface area contributed by atoms with Gasteiger partial charge in [-0.15, -0.1) is 0 Å². The molecule has 0 bridgehead atoms. The minimum Gasteiger partial charge on any atom is -0.462 e. The largest absolute Gasteiger partial charge is 0.462 e. The van der Waals surface area contributed by atoms with Crippen LogP contribution in [0.5, 0.6) is 0 Å². The van der Waals surface area contributed by atoms with Crippen molar-refractivity contribution in [2.45, 2.75) is 40.3 Å². The van der Waals surface area contributed by atoms with E-state index in [1.165, 1.54) is 6.92 Å². The highest BCUT2D eigenvalue weighted by Gasteiger charge is 2.16. The summed E-state index contributed by atoms with van der Waals surface area (Å²) in [5, 5.41) is 0. The Bertz CT molecular complexity index is 498. The van der Waals surface area contributed by atoms with Crippen molar-refractivity contribution in [3.8, 4) is 0 Å². The maximum Gasteiger partial charge on any atom is 0.340 e. The van der Waals surface area contributed by atoms with Crippen LogP contribution in [-0.4, -0.2) is 29.4 Å². The molecule has 1 rings (SSSR count). The van der Waals surface area contributed by atoms with Crippen LogP contribution in [0.15, 0.2) is 18.2 Å². The Morgan fingerprint density at radius 1 is 1.35 bits per heavy atom. The van der Waals surface area contributed by atoms with Gasteiger partial charge in [-0.2, -0.15) is 0 Å². The fraction of sp³-hybridized carbons (Fsp3) is 0.467. The molecule has 0 spiro atoms. The quantitative estimate of drug-likeness (QED) is 0.662. The number of rotatable bonds is 5. The van der Waals surface area contributed by atoms with E-state index in [9.17, 15) is 9.59 Å². The number of hydrogen-bond acceptors (Lipinski definition) is 4. The van der Waals surface area contributed by atoms with Crippen molar-refractivity contribution in [1.82, 2.24) is 4.90 Å². The highest BCUT2D eigenvalue weighted by molar-refractivity contribution is 5.95. The van der Waals surface area contributed by atoms with Gasteiger partial charge in [0.15, 0.2) is 0 Å². The molecular formula is C15H22N2O3. The van der Waals surface area contributed by atoms with E-state index in [1.807, 2.05) is 19.9 Å². The Kier molecular flexibility index (Phi) is 5.55. The normalized spacial score (nSPS) is 10.4. The summed E-state index contributed by atoms with van der Waals surface area (Å²) in [4.78, 5) is 25.1. The first kappa shape index (κ1) is 16.0. The van der Waals surface area contributed by atoms with Crippen LogP contribution in [0, 0.1) is 0 Å². The standard InChI is InChI=1S/C15H22N2O3/c1-5-20-15(19)13-8-12(6-7-14(13)16)9-17(10(2)3)11(4)18/h6-8,10H,5,9,16H2,1-4H3. The molecule has 1 aromatic rings. The van der Waals surface area contributed by atoms with Crippen molar-refractivity contribution in [1.29, 1.82) is 0 Å². The van der Waals surface area contributed by atoms with Crippen LogP contribution in [0.4, 0.5) is 5.69 Å². The summed E-state index contributed by atoms with van der Waals surface area (Å²) in [6.45, 7) is 7.92. The Balaban J connectivity index is 3.00. The lowest BCUT2D eigenvalue weighted by atomic mass is 10.1. The monoisotopic (exact) mass is 278 g/mol. The maximum absolute atomic E-state index is 11.8. The van der Waals surface area contributed by atoms with Gasteiger partial charge in [-0.25, -0.2) is 4.79 Å². The minimum atomic E-state index is -0.439. The van der Waals surface area contributed by atoms with Crippen molar-refractivity contribution >= 4 is 17.6 Å². The zero-order valence-corrected chi connectivity index (χ0v) is 12.5. The van der Waals surface area contributed by atoms with Crippen LogP contribution in [0.1, 0.15) is 43.6 Å². The van der Waals surface area contributed by atoms with Gasteiger partial charge in [-0.1, -0.05) is 6.07 Å². The third-order valence-corrected chi connectivity index (χ3v) is 2.99. The average Bonchev–Trinajstić information content (AvgIpc) is 2.37. The molecule has 0 aliphatic rings. The number of esters is 1. The molecule has 20 heavy (non-hydrogen) atoms. The number of nitrogens with zero attached hydrogens (tertiary/aromatic N) is 1. The number of benzene rings is 1. The summed E-state index contributed by atoms with van der Waals surface area (Å²) < 4.78 is 4.96. The predicted octanol–water partition coefficient (Wildman–Crippen LogP) is 2.20. The molecule has 0 unspecified atom stereocenters. The van der Waals surface area contributed by atoms with Gasteiger partial charge in [0.1, 0.15) is 0 Å². The second-order valence-corrected chi connectivity index (χ2v) is 4.88. The summed E-state index contributed by atoms with van der Waals surface area (Å²) in [6.07, 6.45) is 0. The fourth-order valence-electron chi connectivity index (χ4n) is 1.94. The molecule has 0 saturated heterocycles. The molecule has 0 aliphatic carbocycles. The third kappa shape index (κ3) is 3.98. The zero-order chi connectivity index (χ0) is 15.3. The van der Waals surface area contributed by atoms with Gasteiger partial charge in [-0.3, -0.25) is 4.79 Å². The molecule has 0 saturated carbocycles. The van der Waals surface area contributed by atoms with Crippen LogP contribution in [0.3, 0.4) is 0 Å². The number of amides is 1. The molecule has 5 heteroatoms. The molecule has 0 atom stereocenters. The Labute approximate surface area is 119 Å². The number of nitrogen functional groups attached to an aromatic ring is 1. The summed E-state index contributed by atoms with van der Waals surface area (Å²) in [7, 11) is 0. The summed E-state index contributed by atoms with van der Waals surface area (Å²) in [5.41, 5.74) is 7.37. The van der Waals surface area contributed by atoms with E-state index in [2.05, 4.69) is 0 Å². The van der Waals surface area contributed by atoms with Crippen LogP contribution >= 0.6 is 0 Å². The van der Waals surface area contributed by atoms with E-state index < -0.39 is 5.97 Å². The minimum absolute atomic E-state index is 0.00508. The molecule has 0 aromatic heterocycles. The molecule has 110 valence electrons. The number of carbonyl (C=O) groups excluding carboxylic acids is 2. The van der Waals surface area contributed by atoms with Crippen molar-refractivity contribution in [3.05, 3.63) is 29.3 Å². The van der Waals surface area contributed by atoms with E-state index in [1.54, 1.807) is 24.0 Å². The van der Waals surface area contributed by atoms with E-state index >= 15 is 0 Å². The lowest BCUT2D eigenvalue weighted by molar-refractivity contribution is -0.131. The van der Waals surface area contributed by atoms with Gasteiger partial charge in [0.25, 0.3) is 0 Å². The smallest absolute Gasteiger partial charge is 0.340 e. The first-order chi connectivity index (χ1) is 9.36. The number of ether oxygens (including phenoxy) is 1. The summed E-state index contributed by atoms with van der Waals surface area (Å²) >= 11 is 0. The van der Waals surface area contributed by atoms with E-state index in [4.69, 9.17) is 10.5 Å². The lowest BCUT2D eigenvalue weighted by Gasteiger charge is -2.25. The predicted molar refractivity (Wildman–Crippen MR) is 78.2 cm³/mol. The summed E-state index contributed by atoms with van der Waals surface area (Å²) in [6, 6.07) is 5.26. The lowest BCUT2D eigenvalue weighted by Crippen LogP contribution is -2.34. The first-order valence-electron chi connectivity index (χ1n) is 6.69. The highest BCUT2D eigenvalue weighted by Crippen LogP contribution is 2.18. The van der Waals surface area contributed by atoms with E-state index in [-0.39, 0.29) is 11.9 Å². The summed E-state index contributed by atoms with van der Waals surface area (Å²) in [5.74, 6) is -0.444. The van der Waals surface area contributed by atoms with Gasteiger partial charge in [0.05, 0.1) is 12.2 Å². The fourth-order valence-corrected chi connectivity index (χ4v) is 1.94. The highest BCUT2D eigenvalue weighted by atomic mass is 16.5. The molecular weight excluding hydrogens is 256 g/mol. The van der Waals surface area contributed by atoms with Crippen molar-refractivity contribution in [2.75, 3.05) is 12.3 Å². The maximum atomic E-state index is 11.8. The van der Waals surface area contributed by atoms with E-state index in [0.717, 1.165) is 5.56 Å². The van der Waals surface area contributed by atoms with Gasteiger partial charge in [0, 0.05) is 25.2 Å². The van der Waals surface area contributed by atoms with Crippen LogP contribution in [0.25, 0.3) is 0 Å². The molecule has 2 N–H and O–H groups in total. The van der Waals surface area contributed by atoms with Gasteiger partial charge < -0.3 is 15.4 Å².